The Bertz CT molecular complexity index is 1140. The van der Waals surface area contributed by atoms with E-state index in [4.69, 9.17) is 4.74 Å². The first-order chi connectivity index (χ1) is 16.4. The third-order valence-electron chi connectivity index (χ3n) is 6.87. The summed E-state index contributed by atoms with van der Waals surface area (Å²) >= 11 is 1.33. The number of anilines is 2. The molecule has 0 aromatic heterocycles. The standard InChI is InChI=1S/C25H26FN3O4S/c1-16-22(30)29(19-9-7-18(26)8-10-19)25(34-16)20-5-3-4-6-21(20)28(24(25)32)15-27-13-11-17(12-14-27)23(31)33-2/h3-10,16-17H,11-15H2,1-2H3/t16-,25+/m0/s1. The van der Waals surface area contributed by atoms with Gasteiger partial charge in [0.15, 0.2) is 0 Å². The zero-order chi connectivity index (χ0) is 24.0. The van der Waals surface area contributed by atoms with Crippen molar-refractivity contribution in [1.82, 2.24) is 4.90 Å². The maximum absolute atomic E-state index is 14.2. The summed E-state index contributed by atoms with van der Waals surface area (Å²) in [5.41, 5.74) is 2.02. The molecule has 178 valence electrons. The van der Waals surface area contributed by atoms with Gasteiger partial charge in [-0.3, -0.25) is 29.1 Å². The molecule has 7 nitrogen and oxygen atoms in total. The van der Waals surface area contributed by atoms with Crippen LogP contribution in [0, 0.1) is 11.7 Å². The Labute approximate surface area is 201 Å². The van der Waals surface area contributed by atoms with Crippen LogP contribution in [0.3, 0.4) is 0 Å². The van der Waals surface area contributed by atoms with Crippen LogP contribution in [-0.4, -0.2) is 54.8 Å². The molecule has 2 aromatic carbocycles. The zero-order valence-corrected chi connectivity index (χ0v) is 19.9. The Morgan fingerprint density at radius 1 is 1.12 bits per heavy atom. The number of halogens is 1. The Kier molecular flexibility index (Phi) is 5.85. The lowest BCUT2D eigenvalue weighted by Gasteiger charge is -2.36. The van der Waals surface area contributed by atoms with Gasteiger partial charge in [0, 0.05) is 24.3 Å². The number of likely N-dealkylation sites (tertiary alicyclic amines) is 1. The summed E-state index contributed by atoms with van der Waals surface area (Å²) in [5, 5.41) is -0.433. The van der Waals surface area contributed by atoms with Crippen LogP contribution < -0.4 is 9.80 Å². The van der Waals surface area contributed by atoms with E-state index in [0.717, 1.165) is 11.3 Å². The molecular formula is C25H26FN3O4S. The number of benzene rings is 2. The van der Waals surface area contributed by atoms with E-state index in [2.05, 4.69) is 4.90 Å². The third-order valence-corrected chi connectivity index (χ3v) is 8.35. The van der Waals surface area contributed by atoms with Gasteiger partial charge in [0.05, 0.1) is 30.6 Å². The smallest absolute Gasteiger partial charge is 0.308 e. The molecule has 2 aromatic rings. The fourth-order valence-electron chi connectivity index (χ4n) is 5.15. The van der Waals surface area contributed by atoms with Crippen molar-refractivity contribution in [2.75, 3.05) is 36.7 Å². The number of esters is 1. The van der Waals surface area contributed by atoms with Crippen molar-refractivity contribution in [3.63, 3.8) is 0 Å². The molecule has 1 spiro atoms. The monoisotopic (exact) mass is 483 g/mol. The van der Waals surface area contributed by atoms with Crippen molar-refractivity contribution in [2.24, 2.45) is 5.92 Å². The van der Waals surface area contributed by atoms with Crippen LogP contribution in [0.25, 0.3) is 0 Å². The lowest BCUT2D eigenvalue weighted by Crippen LogP contribution is -2.52. The highest BCUT2D eigenvalue weighted by Crippen LogP contribution is 2.57. The number of piperidine rings is 1. The van der Waals surface area contributed by atoms with Gasteiger partial charge in [-0.2, -0.15) is 0 Å². The number of carbonyl (C=O) groups excluding carboxylic acids is 3. The SMILES string of the molecule is COC(=O)C1CCN(CN2C(=O)[C@]3(S[C@@H](C)C(=O)N3c3ccc(F)cc3)c3ccccc32)CC1. The highest BCUT2D eigenvalue weighted by Gasteiger charge is 2.63. The van der Waals surface area contributed by atoms with Crippen LogP contribution in [0.1, 0.15) is 25.3 Å². The predicted octanol–water partition coefficient (Wildman–Crippen LogP) is 3.34. The summed E-state index contributed by atoms with van der Waals surface area (Å²) < 4.78 is 18.5. The normalized spacial score (nSPS) is 25.3. The summed E-state index contributed by atoms with van der Waals surface area (Å²) in [6, 6.07) is 13.3. The molecule has 5 rings (SSSR count). The van der Waals surface area contributed by atoms with Gasteiger partial charge in [-0.1, -0.05) is 18.2 Å². The number of thioether (sulfide) groups is 1. The number of hydrogen-bond donors (Lipinski definition) is 0. The zero-order valence-electron chi connectivity index (χ0n) is 19.1. The number of methoxy groups -OCH3 is 1. The fraction of sp³-hybridized carbons (Fsp3) is 0.400. The van der Waals surface area contributed by atoms with Gasteiger partial charge in [-0.25, -0.2) is 4.39 Å². The first-order valence-electron chi connectivity index (χ1n) is 11.4. The highest BCUT2D eigenvalue weighted by atomic mass is 32.2. The number of amides is 2. The Morgan fingerprint density at radius 3 is 2.47 bits per heavy atom. The van der Waals surface area contributed by atoms with E-state index >= 15 is 0 Å². The molecular weight excluding hydrogens is 457 g/mol. The van der Waals surface area contributed by atoms with Gasteiger partial charge in [0.25, 0.3) is 5.91 Å². The summed E-state index contributed by atoms with van der Waals surface area (Å²) in [6.07, 6.45) is 1.35. The van der Waals surface area contributed by atoms with Crippen LogP contribution in [0.4, 0.5) is 15.8 Å². The molecule has 3 aliphatic rings. The number of hydrogen-bond acceptors (Lipinski definition) is 6. The number of nitrogens with zero attached hydrogens (tertiary/aromatic N) is 3. The van der Waals surface area contributed by atoms with Gasteiger partial charge < -0.3 is 4.74 Å². The van der Waals surface area contributed by atoms with Crippen LogP contribution in [0.15, 0.2) is 48.5 Å². The second-order valence-electron chi connectivity index (χ2n) is 8.86. The number of para-hydroxylation sites is 1. The molecule has 0 unspecified atom stereocenters. The van der Waals surface area contributed by atoms with E-state index in [0.29, 0.717) is 38.3 Å². The maximum atomic E-state index is 14.2. The van der Waals surface area contributed by atoms with Crippen LogP contribution in [-0.2, 0) is 24.0 Å². The predicted molar refractivity (Wildman–Crippen MR) is 128 cm³/mol. The molecule has 2 saturated heterocycles. The van der Waals surface area contributed by atoms with E-state index in [-0.39, 0.29) is 23.7 Å². The van der Waals surface area contributed by atoms with Gasteiger partial charge in [0.2, 0.25) is 10.8 Å². The Hall–Kier alpha value is -2.91. The summed E-state index contributed by atoms with van der Waals surface area (Å²) in [6.45, 7) is 3.51. The molecule has 2 atom stereocenters. The molecule has 0 radical (unpaired) electrons. The molecule has 3 heterocycles. The Balaban J connectivity index is 1.49. The van der Waals surface area contributed by atoms with Crippen molar-refractivity contribution < 1.29 is 23.5 Å². The van der Waals surface area contributed by atoms with Crippen LogP contribution in [0.5, 0.6) is 0 Å². The summed E-state index contributed by atoms with van der Waals surface area (Å²) in [7, 11) is 1.41. The summed E-state index contributed by atoms with van der Waals surface area (Å²) in [4.78, 5) is 43.5. The molecule has 3 aliphatic heterocycles. The van der Waals surface area contributed by atoms with Gasteiger partial charge in [0.1, 0.15) is 5.82 Å². The first-order valence-corrected chi connectivity index (χ1v) is 12.2. The van der Waals surface area contributed by atoms with E-state index in [1.54, 1.807) is 24.0 Å². The highest BCUT2D eigenvalue weighted by molar-refractivity contribution is 8.03. The van der Waals surface area contributed by atoms with Crippen molar-refractivity contribution in [3.05, 3.63) is 59.9 Å². The molecule has 0 aliphatic carbocycles. The van der Waals surface area contributed by atoms with Crippen molar-refractivity contribution in [1.29, 1.82) is 0 Å². The van der Waals surface area contributed by atoms with Crippen LogP contribution in [0.2, 0.25) is 0 Å². The molecule has 0 N–H and O–H groups in total. The van der Waals surface area contributed by atoms with Crippen molar-refractivity contribution >= 4 is 40.9 Å². The quantitative estimate of drug-likeness (QED) is 0.622. The van der Waals surface area contributed by atoms with Gasteiger partial charge in [-0.05, 0) is 50.1 Å². The van der Waals surface area contributed by atoms with Gasteiger partial charge >= 0.3 is 5.97 Å². The van der Waals surface area contributed by atoms with Gasteiger partial charge in [-0.15, -0.1) is 11.8 Å². The molecule has 2 amide bonds. The minimum absolute atomic E-state index is 0.119. The van der Waals surface area contributed by atoms with E-state index in [9.17, 15) is 18.8 Å². The fourth-order valence-corrected chi connectivity index (χ4v) is 6.67. The second kappa shape index (κ2) is 8.70. The maximum Gasteiger partial charge on any atom is 0.308 e. The first kappa shape index (κ1) is 22.9. The molecule has 34 heavy (non-hydrogen) atoms. The lowest BCUT2D eigenvalue weighted by molar-refractivity contribution is -0.147. The van der Waals surface area contributed by atoms with E-state index < -0.39 is 15.9 Å². The molecule has 0 bridgehead atoms. The number of fused-ring (bicyclic) bond motifs is 2. The number of carbonyl (C=O) groups is 3. The van der Waals surface area contributed by atoms with Crippen LogP contribution >= 0.6 is 11.8 Å². The van der Waals surface area contributed by atoms with Crippen molar-refractivity contribution in [3.8, 4) is 0 Å². The number of rotatable bonds is 4. The average molecular weight is 484 g/mol. The molecule has 0 saturated carbocycles. The minimum atomic E-state index is -1.24. The minimum Gasteiger partial charge on any atom is -0.469 e. The largest absolute Gasteiger partial charge is 0.469 e. The summed E-state index contributed by atoms with van der Waals surface area (Å²) in [5.74, 6) is -1.07. The van der Waals surface area contributed by atoms with Crippen molar-refractivity contribution in [2.45, 2.75) is 29.9 Å². The third kappa shape index (κ3) is 3.49. The average Bonchev–Trinajstić information content (AvgIpc) is 3.25. The second-order valence-corrected chi connectivity index (χ2v) is 10.4. The van der Waals surface area contributed by atoms with E-state index in [1.165, 1.54) is 35.9 Å². The lowest BCUT2D eigenvalue weighted by atomic mass is 9.97. The number of ether oxygens (including phenoxy) is 1. The Morgan fingerprint density at radius 2 is 1.79 bits per heavy atom. The topological polar surface area (TPSA) is 70.2 Å². The van der Waals surface area contributed by atoms with E-state index in [1.807, 2.05) is 24.3 Å². The molecule has 2 fully saturated rings. The molecule has 9 heteroatoms.